The zero-order valence-electron chi connectivity index (χ0n) is 10.5. The summed E-state index contributed by atoms with van der Waals surface area (Å²) in [7, 11) is 0. The SMILES string of the molecule is CC(C)n1nccc1-c1ccccc1CC(=O)O. The topological polar surface area (TPSA) is 55.1 Å². The fourth-order valence-electron chi connectivity index (χ4n) is 2.03. The first-order chi connectivity index (χ1) is 8.59. The third-order valence-corrected chi connectivity index (χ3v) is 2.79. The molecular weight excluding hydrogens is 228 g/mol. The summed E-state index contributed by atoms with van der Waals surface area (Å²) in [6, 6.07) is 9.72. The maximum Gasteiger partial charge on any atom is 0.307 e. The average molecular weight is 244 g/mol. The van der Waals surface area contributed by atoms with E-state index in [0.29, 0.717) is 0 Å². The summed E-state index contributed by atoms with van der Waals surface area (Å²) in [5.41, 5.74) is 2.71. The van der Waals surface area contributed by atoms with Gasteiger partial charge in [-0.25, -0.2) is 0 Å². The molecule has 0 fully saturated rings. The molecule has 18 heavy (non-hydrogen) atoms. The average Bonchev–Trinajstić information content (AvgIpc) is 2.77. The predicted molar refractivity (Wildman–Crippen MR) is 69.4 cm³/mol. The van der Waals surface area contributed by atoms with Crippen molar-refractivity contribution in [2.24, 2.45) is 0 Å². The summed E-state index contributed by atoms with van der Waals surface area (Å²) in [5, 5.41) is 13.2. The van der Waals surface area contributed by atoms with Crippen molar-refractivity contribution in [3.63, 3.8) is 0 Å². The van der Waals surface area contributed by atoms with Crippen molar-refractivity contribution in [1.29, 1.82) is 0 Å². The number of aliphatic carboxylic acids is 1. The van der Waals surface area contributed by atoms with Crippen molar-refractivity contribution in [1.82, 2.24) is 9.78 Å². The Morgan fingerprint density at radius 3 is 2.72 bits per heavy atom. The largest absolute Gasteiger partial charge is 0.481 e. The summed E-state index contributed by atoms with van der Waals surface area (Å²) < 4.78 is 1.90. The Kier molecular flexibility index (Phi) is 3.46. The summed E-state index contributed by atoms with van der Waals surface area (Å²) >= 11 is 0. The van der Waals surface area contributed by atoms with Crippen molar-refractivity contribution < 1.29 is 9.90 Å². The van der Waals surface area contributed by atoms with Crippen LogP contribution in [0.5, 0.6) is 0 Å². The highest BCUT2D eigenvalue weighted by molar-refractivity contribution is 5.75. The minimum absolute atomic E-state index is 0.0272. The summed E-state index contributed by atoms with van der Waals surface area (Å²) in [6.45, 7) is 4.10. The van der Waals surface area contributed by atoms with Crippen LogP contribution >= 0.6 is 0 Å². The lowest BCUT2D eigenvalue weighted by Crippen LogP contribution is -2.07. The van der Waals surface area contributed by atoms with E-state index in [2.05, 4.69) is 18.9 Å². The van der Waals surface area contributed by atoms with Gasteiger partial charge in [0.15, 0.2) is 0 Å². The Hall–Kier alpha value is -2.10. The van der Waals surface area contributed by atoms with Crippen LogP contribution in [-0.4, -0.2) is 20.9 Å². The molecule has 94 valence electrons. The van der Waals surface area contributed by atoms with Crippen LogP contribution in [0.25, 0.3) is 11.3 Å². The van der Waals surface area contributed by atoms with E-state index in [0.717, 1.165) is 16.8 Å². The lowest BCUT2D eigenvalue weighted by Gasteiger charge is -2.13. The number of carbonyl (C=O) groups is 1. The molecule has 4 heteroatoms. The third kappa shape index (κ3) is 2.42. The maximum absolute atomic E-state index is 10.9. The van der Waals surface area contributed by atoms with Crippen LogP contribution in [0.3, 0.4) is 0 Å². The van der Waals surface area contributed by atoms with Crippen molar-refractivity contribution >= 4 is 5.97 Å². The zero-order chi connectivity index (χ0) is 13.1. The van der Waals surface area contributed by atoms with Gasteiger partial charge in [-0.2, -0.15) is 5.10 Å². The summed E-state index contributed by atoms with van der Waals surface area (Å²) in [4.78, 5) is 10.9. The molecule has 0 saturated carbocycles. The predicted octanol–water partition coefficient (Wildman–Crippen LogP) is 2.76. The second-order valence-corrected chi connectivity index (χ2v) is 4.48. The molecule has 0 saturated heterocycles. The lowest BCUT2D eigenvalue weighted by molar-refractivity contribution is -0.136. The molecular formula is C14H16N2O2. The van der Waals surface area contributed by atoms with Crippen LogP contribution in [0.4, 0.5) is 0 Å². The molecule has 0 atom stereocenters. The molecule has 1 heterocycles. The van der Waals surface area contributed by atoms with Gasteiger partial charge < -0.3 is 5.11 Å². The molecule has 1 aromatic heterocycles. The number of aromatic nitrogens is 2. The molecule has 0 radical (unpaired) electrons. The number of hydrogen-bond donors (Lipinski definition) is 1. The number of benzene rings is 1. The molecule has 1 N–H and O–H groups in total. The second kappa shape index (κ2) is 5.04. The van der Waals surface area contributed by atoms with Crippen LogP contribution in [0.2, 0.25) is 0 Å². The molecule has 0 aliphatic heterocycles. The van der Waals surface area contributed by atoms with Crippen molar-refractivity contribution in [3.8, 4) is 11.3 Å². The van der Waals surface area contributed by atoms with E-state index in [1.54, 1.807) is 6.20 Å². The molecule has 0 unspecified atom stereocenters. The Balaban J connectivity index is 2.50. The Morgan fingerprint density at radius 1 is 1.33 bits per heavy atom. The first kappa shape index (κ1) is 12.4. The van der Waals surface area contributed by atoms with Crippen LogP contribution in [-0.2, 0) is 11.2 Å². The van der Waals surface area contributed by atoms with Crippen LogP contribution in [0.1, 0.15) is 25.5 Å². The highest BCUT2D eigenvalue weighted by Gasteiger charge is 2.13. The van der Waals surface area contributed by atoms with E-state index in [1.807, 2.05) is 35.0 Å². The minimum atomic E-state index is -0.821. The molecule has 0 bridgehead atoms. The molecule has 2 rings (SSSR count). The van der Waals surface area contributed by atoms with E-state index in [4.69, 9.17) is 5.11 Å². The van der Waals surface area contributed by atoms with E-state index >= 15 is 0 Å². The lowest BCUT2D eigenvalue weighted by atomic mass is 10.0. The van der Waals surface area contributed by atoms with Crippen LogP contribution in [0.15, 0.2) is 36.5 Å². The smallest absolute Gasteiger partial charge is 0.307 e. The van der Waals surface area contributed by atoms with Gasteiger partial charge in [-0.3, -0.25) is 9.48 Å². The normalized spacial score (nSPS) is 10.8. The Labute approximate surface area is 106 Å². The van der Waals surface area contributed by atoms with Crippen molar-refractivity contribution in [2.45, 2.75) is 26.3 Å². The molecule has 2 aromatic rings. The van der Waals surface area contributed by atoms with E-state index in [1.165, 1.54) is 0 Å². The quantitative estimate of drug-likeness (QED) is 0.899. The van der Waals surface area contributed by atoms with Gasteiger partial charge in [-0.15, -0.1) is 0 Å². The fraction of sp³-hybridized carbons (Fsp3) is 0.286. The van der Waals surface area contributed by atoms with Gasteiger partial charge >= 0.3 is 5.97 Å². The highest BCUT2D eigenvalue weighted by atomic mass is 16.4. The van der Waals surface area contributed by atoms with E-state index in [9.17, 15) is 4.79 Å². The Bertz CT molecular complexity index is 558. The highest BCUT2D eigenvalue weighted by Crippen LogP contribution is 2.25. The third-order valence-electron chi connectivity index (χ3n) is 2.79. The summed E-state index contributed by atoms with van der Waals surface area (Å²) in [6.07, 6.45) is 1.77. The van der Waals surface area contributed by atoms with Gasteiger partial charge in [-0.05, 0) is 25.5 Å². The van der Waals surface area contributed by atoms with Gasteiger partial charge in [-0.1, -0.05) is 24.3 Å². The summed E-state index contributed by atoms with van der Waals surface area (Å²) in [5.74, 6) is -0.821. The monoisotopic (exact) mass is 244 g/mol. The first-order valence-electron chi connectivity index (χ1n) is 5.93. The number of carboxylic acid groups (broad SMARTS) is 1. The number of nitrogens with zero attached hydrogens (tertiary/aromatic N) is 2. The minimum Gasteiger partial charge on any atom is -0.481 e. The molecule has 0 amide bonds. The number of rotatable bonds is 4. The molecule has 0 aliphatic rings. The Morgan fingerprint density at radius 2 is 2.06 bits per heavy atom. The number of hydrogen-bond acceptors (Lipinski definition) is 2. The van der Waals surface area contributed by atoms with Gasteiger partial charge in [0.2, 0.25) is 0 Å². The van der Waals surface area contributed by atoms with Gasteiger partial charge in [0.1, 0.15) is 0 Å². The van der Waals surface area contributed by atoms with Gasteiger partial charge in [0.05, 0.1) is 12.1 Å². The number of carboxylic acids is 1. The van der Waals surface area contributed by atoms with E-state index in [-0.39, 0.29) is 12.5 Å². The van der Waals surface area contributed by atoms with Gasteiger partial charge in [0.25, 0.3) is 0 Å². The molecule has 4 nitrogen and oxygen atoms in total. The first-order valence-corrected chi connectivity index (χ1v) is 5.93. The van der Waals surface area contributed by atoms with Crippen molar-refractivity contribution in [2.75, 3.05) is 0 Å². The van der Waals surface area contributed by atoms with Crippen LogP contribution in [0, 0.1) is 0 Å². The zero-order valence-corrected chi connectivity index (χ0v) is 10.5. The van der Waals surface area contributed by atoms with Crippen LogP contribution < -0.4 is 0 Å². The molecule has 1 aromatic carbocycles. The fourth-order valence-corrected chi connectivity index (χ4v) is 2.03. The maximum atomic E-state index is 10.9. The van der Waals surface area contributed by atoms with E-state index < -0.39 is 5.97 Å². The second-order valence-electron chi connectivity index (χ2n) is 4.48. The molecule has 0 aliphatic carbocycles. The van der Waals surface area contributed by atoms with Crippen molar-refractivity contribution in [3.05, 3.63) is 42.1 Å². The molecule has 0 spiro atoms. The van der Waals surface area contributed by atoms with Gasteiger partial charge in [0, 0.05) is 17.8 Å². The standard InChI is InChI=1S/C14H16N2O2/c1-10(2)16-13(7-8-15-16)12-6-4-3-5-11(12)9-14(17)18/h3-8,10H,9H2,1-2H3,(H,17,18).